The Morgan fingerprint density at radius 3 is 2.45 bits per heavy atom. The van der Waals surface area contributed by atoms with Gasteiger partial charge in [0.2, 0.25) is 0 Å². The lowest BCUT2D eigenvalue weighted by molar-refractivity contribution is -0.119. The molecule has 0 bridgehead atoms. The lowest BCUT2D eigenvalue weighted by atomic mass is 10.1. The first-order chi connectivity index (χ1) is 10.7. The average Bonchev–Trinajstić information content (AvgIpc) is 2.55. The fourth-order valence-corrected chi connectivity index (χ4v) is 2.54. The van der Waals surface area contributed by atoms with Gasteiger partial charge in [0.05, 0.1) is 0 Å². The fraction of sp³-hybridized carbons (Fsp3) is 0.353. The molecule has 0 saturated carbocycles. The third-order valence-electron chi connectivity index (χ3n) is 3.88. The number of piperidine rings is 1. The number of Topliss-reactive ketones (excluding diaryl/α,β-unsaturated/α-hetero) is 1. The highest BCUT2D eigenvalue weighted by Crippen LogP contribution is 2.22. The predicted molar refractivity (Wildman–Crippen MR) is 83.3 cm³/mol. The number of aromatic nitrogens is 2. The van der Waals surface area contributed by atoms with Gasteiger partial charge in [-0.3, -0.25) is 4.79 Å². The zero-order valence-electron chi connectivity index (χ0n) is 12.6. The molecule has 1 aliphatic heterocycles. The first kappa shape index (κ1) is 14.6. The minimum absolute atomic E-state index is 0.273. The minimum Gasteiger partial charge on any atom is -0.356 e. The second kappa shape index (κ2) is 6.22. The van der Waals surface area contributed by atoms with E-state index in [0.29, 0.717) is 37.5 Å². The second-order valence-electron chi connectivity index (χ2n) is 5.43. The molecular weight excluding hydrogens is 281 g/mol. The van der Waals surface area contributed by atoms with Gasteiger partial charge in [-0.15, -0.1) is 0 Å². The summed E-state index contributed by atoms with van der Waals surface area (Å²) in [5, 5.41) is 0. The van der Waals surface area contributed by atoms with E-state index in [-0.39, 0.29) is 5.82 Å². The number of rotatable bonds is 3. The highest BCUT2D eigenvalue weighted by Gasteiger charge is 2.19. The lowest BCUT2D eigenvalue weighted by Crippen LogP contribution is -2.34. The van der Waals surface area contributed by atoms with Crippen LogP contribution in [0.1, 0.15) is 25.5 Å². The molecule has 1 aromatic carbocycles. The Morgan fingerprint density at radius 2 is 1.82 bits per heavy atom. The zero-order valence-corrected chi connectivity index (χ0v) is 12.6. The maximum atomic E-state index is 13.1. The van der Waals surface area contributed by atoms with Crippen LogP contribution in [0.4, 0.5) is 10.2 Å². The molecule has 2 heterocycles. The van der Waals surface area contributed by atoms with E-state index in [1.807, 2.05) is 13.0 Å². The number of anilines is 1. The van der Waals surface area contributed by atoms with Crippen molar-refractivity contribution in [3.05, 3.63) is 41.8 Å². The Bertz CT molecular complexity index is 675. The van der Waals surface area contributed by atoms with E-state index >= 15 is 0 Å². The summed E-state index contributed by atoms with van der Waals surface area (Å²) < 4.78 is 13.1. The van der Waals surface area contributed by atoms with Gasteiger partial charge in [0.25, 0.3) is 0 Å². The van der Waals surface area contributed by atoms with Crippen molar-refractivity contribution in [3.8, 4) is 11.4 Å². The molecule has 0 aliphatic carbocycles. The minimum atomic E-state index is -0.273. The molecule has 0 atom stereocenters. The molecule has 1 fully saturated rings. The van der Waals surface area contributed by atoms with Gasteiger partial charge in [-0.05, 0) is 30.7 Å². The molecule has 0 N–H and O–H groups in total. The molecule has 1 aliphatic rings. The van der Waals surface area contributed by atoms with Crippen molar-refractivity contribution < 1.29 is 9.18 Å². The number of halogens is 1. The van der Waals surface area contributed by atoms with E-state index in [1.54, 1.807) is 12.1 Å². The molecule has 0 unspecified atom stereocenters. The number of hydrogen-bond donors (Lipinski definition) is 0. The standard InChI is InChI=1S/C17H18FN3O/c1-2-14-11-16(21-9-7-15(22)8-10-21)20-17(19-14)12-3-5-13(18)6-4-12/h3-6,11H,2,7-10H2,1H3. The van der Waals surface area contributed by atoms with Crippen molar-refractivity contribution in [2.75, 3.05) is 18.0 Å². The summed E-state index contributed by atoms with van der Waals surface area (Å²) >= 11 is 0. The van der Waals surface area contributed by atoms with Crippen molar-refractivity contribution in [2.45, 2.75) is 26.2 Å². The highest BCUT2D eigenvalue weighted by molar-refractivity contribution is 5.80. The van der Waals surface area contributed by atoms with Crippen molar-refractivity contribution in [1.82, 2.24) is 9.97 Å². The number of carbonyl (C=O) groups is 1. The number of ketones is 1. The van der Waals surface area contributed by atoms with Crippen LogP contribution in [0.3, 0.4) is 0 Å². The molecule has 0 radical (unpaired) electrons. The SMILES string of the molecule is CCc1cc(N2CCC(=O)CC2)nc(-c2ccc(F)cc2)n1. The van der Waals surface area contributed by atoms with Gasteiger partial charge in [-0.1, -0.05) is 6.92 Å². The van der Waals surface area contributed by atoms with E-state index in [9.17, 15) is 9.18 Å². The summed E-state index contributed by atoms with van der Waals surface area (Å²) in [5.74, 6) is 1.48. The highest BCUT2D eigenvalue weighted by atomic mass is 19.1. The largest absolute Gasteiger partial charge is 0.356 e. The third-order valence-corrected chi connectivity index (χ3v) is 3.88. The molecule has 22 heavy (non-hydrogen) atoms. The van der Waals surface area contributed by atoms with Gasteiger partial charge >= 0.3 is 0 Å². The molecule has 2 aromatic rings. The second-order valence-corrected chi connectivity index (χ2v) is 5.43. The molecule has 114 valence electrons. The smallest absolute Gasteiger partial charge is 0.161 e. The summed E-state index contributed by atoms with van der Waals surface area (Å²) in [6, 6.07) is 8.18. The summed E-state index contributed by atoms with van der Waals surface area (Å²) in [4.78, 5) is 22.7. The average molecular weight is 299 g/mol. The molecule has 4 nitrogen and oxygen atoms in total. The van der Waals surface area contributed by atoms with Crippen LogP contribution >= 0.6 is 0 Å². The van der Waals surface area contributed by atoms with Gasteiger partial charge in [0.1, 0.15) is 17.4 Å². The molecule has 3 rings (SSSR count). The topological polar surface area (TPSA) is 46.1 Å². The van der Waals surface area contributed by atoms with E-state index in [0.717, 1.165) is 23.5 Å². The number of benzene rings is 1. The van der Waals surface area contributed by atoms with Crippen molar-refractivity contribution in [2.24, 2.45) is 0 Å². The van der Waals surface area contributed by atoms with E-state index in [4.69, 9.17) is 0 Å². The summed E-state index contributed by atoms with van der Waals surface area (Å²) in [5.41, 5.74) is 1.74. The van der Waals surface area contributed by atoms with E-state index in [2.05, 4.69) is 14.9 Å². The fourth-order valence-electron chi connectivity index (χ4n) is 2.54. The summed E-state index contributed by atoms with van der Waals surface area (Å²) in [6.07, 6.45) is 1.94. The first-order valence-corrected chi connectivity index (χ1v) is 7.56. The third kappa shape index (κ3) is 3.13. The lowest BCUT2D eigenvalue weighted by Gasteiger charge is -2.27. The molecule has 0 amide bonds. The van der Waals surface area contributed by atoms with Gasteiger partial charge in [-0.25, -0.2) is 14.4 Å². The van der Waals surface area contributed by atoms with Crippen LogP contribution in [0, 0.1) is 5.82 Å². The van der Waals surface area contributed by atoms with Crippen molar-refractivity contribution in [3.63, 3.8) is 0 Å². The normalized spacial score (nSPS) is 15.2. The molecule has 1 aromatic heterocycles. The van der Waals surface area contributed by atoms with Gasteiger partial charge in [0, 0.05) is 43.3 Å². The van der Waals surface area contributed by atoms with Crippen LogP contribution < -0.4 is 4.90 Å². The van der Waals surface area contributed by atoms with Gasteiger partial charge in [0.15, 0.2) is 5.82 Å². The number of hydrogen-bond acceptors (Lipinski definition) is 4. The van der Waals surface area contributed by atoms with Crippen molar-refractivity contribution >= 4 is 11.6 Å². The Kier molecular flexibility index (Phi) is 4.13. The predicted octanol–water partition coefficient (Wildman–Crippen LogP) is 3.01. The van der Waals surface area contributed by atoms with Gasteiger partial charge < -0.3 is 4.90 Å². The monoisotopic (exact) mass is 299 g/mol. The van der Waals surface area contributed by atoms with Crippen molar-refractivity contribution in [1.29, 1.82) is 0 Å². The Hall–Kier alpha value is -2.30. The van der Waals surface area contributed by atoms with E-state index in [1.165, 1.54) is 12.1 Å². The Balaban J connectivity index is 1.95. The Morgan fingerprint density at radius 1 is 1.14 bits per heavy atom. The van der Waals surface area contributed by atoms with Crippen LogP contribution in [0.25, 0.3) is 11.4 Å². The zero-order chi connectivity index (χ0) is 15.5. The van der Waals surface area contributed by atoms with Crippen LogP contribution in [-0.4, -0.2) is 28.8 Å². The van der Waals surface area contributed by atoms with Gasteiger partial charge in [-0.2, -0.15) is 0 Å². The van der Waals surface area contributed by atoms with E-state index < -0.39 is 0 Å². The van der Waals surface area contributed by atoms with Crippen LogP contribution in [0.2, 0.25) is 0 Å². The molecule has 5 heteroatoms. The molecular formula is C17H18FN3O. The van der Waals surface area contributed by atoms with Crippen LogP contribution in [0.15, 0.2) is 30.3 Å². The van der Waals surface area contributed by atoms with Crippen LogP contribution in [0.5, 0.6) is 0 Å². The Labute approximate surface area is 129 Å². The molecule has 0 spiro atoms. The maximum Gasteiger partial charge on any atom is 0.161 e. The summed E-state index contributed by atoms with van der Waals surface area (Å²) in [7, 11) is 0. The number of nitrogens with zero attached hydrogens (tertiary/aromatic N) is 3. The first-order valence-electron chi connectivity index (χ1n) is 7.56. The number of carbonyl (C=O) groups excluding carboxylic acids is 1. The quantitative estimate of drug-likeness (QED) is 0.874. The summed E-state index contributed by atoms with van der Waals surface area (Å²) in [6.45, 7) is 3.43. The number of aryl methyl sites for hydroxylation is 1. The molecule has 1 saturated heterocycles. The maximum absolute atomic E-state index is 13.1. The van der Waals surface area contributed by atoms with Crippen LogP contribution in [-0.2, 0) is 11.2 Å².